The quantitative estimate of drug-likeness (QED) is 0.247. The summed E-state index contributed by atoms with van der Waals surface area (Å²) in [5.41, 5.74) is 0. The Morgan fingerprint density at radius 1 is 1.00 bits per heavy atom. The van der Waals surface area contributed by atoms with Crippen molar-refractivity contribution in [2.45, 2.75) is 39.1 Å². The van der Waals surface area contributed by atoms with Crippen LogP contribution >= 0.6 is 0 Å². The van der Waals surface area contributed by atoms with E-state index in [1.54, 1.807) is 0 Å². The molecule has 0 saturated heterocycles. The van der Waals surface area contributed by atoms with Gasteiger partial charge in [-0.25, -0.2) is 0 Å². The Morgan fingerprint density at radius 3 is 1.90 bits per heavy atom. The van der Waals surface area contributed by atoms with Crippen LogP contribution in [-0.2, 0) is 38.2 Å². The summed E-state index contributed by atoms with van der Waals surface area (Å²) in [4.78, 5) is 54.7. The van der Waals surface area contributed by atoms with Gasteiger partial charge in [-0.15, -0.1) is 0 Å². The van der Waals surface area contributed by atoms with Gasteiger partial charge >= 0.3 is 17.9 Å². The maximum absolute atomic E-state index is 11.5. The molecule has 0 radical (unpaired) electrons. The summed E-state index contributed by atoms with van der Waals surface area (Å²) in [7, 11) is 0. The second-order valence-electron chi connectivity index (χ2n) is 3.99. The van der Waals surface area contributed by atoms with Crippen LogP contribution in [0, 0.1) is 0 Å². The molecule has 0 aromatic rings. The lowest BCUT2D eigenvalue weighted by atomic mass is 10.0. The molecular weight excluding hydrogens is 288 g/mol. The first-order valence-electron chi connectivity index (χ1n) is 5.84. The van der Waals surface area contributed by atoms with Crippen LogP contribution in [0.3, 0.4) is 0 Å². The molecule has 0 heterocycles. The number of carbonyl (C=O) groups excluding carboxylic acids is 5. The van der Waals surface area contributed by atoms with E-state index >= 15 is 0 Å². The summed E-state index contributed by atoms with van der Waals surface area (Å²) in [6.07, 6.45) is -5.30. The molecule has 0 amide bonds. The van der Waals surface area contributed by atoms with Crippen molar-refractivity contribution in [3.05, 3.63) is 0 Å². The summed E-state index contributed by atoms with van der Waals surface area (Å²) in [5.74, 6) is -3.75. The van der Waals surface area contributed by atoms with Gasteiger partial charge in [0.2, 0.25) is 11.9 Å². The number of ketones is 1. The third-order valence-corrected chi connectivity index (χ3v) is 2.13. The second kappa shape index (κ2) is 8.80. The lowest BCUT2D eigenvalue weighted by molar-refractivity contribution is -0.182. The first-order valence-corrected chi connectivity index (χ1v) is 5.84. The SMILES string of the molecule is CC(=O)OC[C@@H](O)[C@@H](OC(C)=O)[C@H](OC(C)=O)C(=O)C=O. The lowest BCUT2D eigenvalue weighted by Gasteiger charge is -2.27. The number of hydrogen-bond donors (Lipinski definition) is 1. The Bertz CT molecular complexity index is 428. The third kappa shape index (κ3) is 7.16. The van der Waals surface area contributed by atoms with E-state index in [1.807, 2.05) is 0 Å². The molecule has 0 unspecified atom stereocenters. The fourth-order valence-corrected chi connectivity index (χ4v) is 1.36. The summed E-state index contributed by atoms with van der Waals surface area (Å²) in [6, 6.07) is 0. The van der Waals surface area contributed by atoms with Gasteiger partial charge in [0.1, 0.15) is 12.7 Å². The number of carbonyl (C=O) groups is 5. The number of aldehydes is 1. The third-order valence-electron chi connectivity index (χ3n) is 2.13. The van der Waals surface area contributed by atoms with Crippen molar-refractivity contribution >= 4 is 30.0 Å². The molecule has 118 valence electrons. The monoisotopic (exact) mass is 304 g/mol. The van der Waals surface area contributed by atoms with E-state index in [1.165, 1.54) is 0 Å². The van der Waals surface area contributed by atoms with Crippen molar-refractivity contribution in [3.63, 3.8) is 0 Å². The molecule has 0 saturated carbocycles. The summed E-state index contributed by atoms with van der Waals surface area (Å²) in [6.45, 7) is 2.42. The van der Waals surface area contributed by atoms with Crippen molar-refractivity contribution in [2.24, 2.45) is 0 Å². The number of esters is 3. The van der Waals surface area contributed by atoms with Gasteiger partial charge in [0.25, 0.3) is 0 Å². The summed E-state index contributed by atoms with van der Waals surface area (Å²) >= 11 is 0. The number of aliphatic hydroxyl groups excluding tert-OH is 1. The molecule has 0 aliphatic rings. The number of ether oxygens (including phenoxy) is 3. The average molecular weight is 304 g/mol. The molecule has 0 aromatic heterocycles. The molecule has 0 rings (SSSR count). The minimum Gasteiger partial charge on any atom is -0.463 e. The fourth-order valence-electron chi connectivity index (χ4n) is 1.36. The molecule has 9 heteroatoms. The minimum atomic E-state index is -1.82. The van der Waals surface area contributed by atoms with Crippen molar-refractivity contribution in [1.82, 2.24) is 0 Å². The zero-order chi connectivity index (χ0) is 16.6. The molecule has 0 aromatic carbocycles. The predicted octanol–water partition coefficient (Wildman–Crippen LogP) is -1.46. The second-order valence-corrected chi connectivity index (χ2v) is 3.99. The van der Waals surface area contributed by atoms with E-state index in [2.05, 4.69) is 9.47 Å². The number of aliphatic hydroxyl groups is 1. The van der Waals surface area contributed by atoms with Gasteiger partial charge in [-0.3, -0.25) is 24.0 Å². The van der Waals surface area contributed by atoms with Crippen molar-refractivity contribution in [3.8, 4) is 0 Å². The predicted molar refractivity (Wildman–Crippen MR) is 64.8 cm³/mol. The van der Waals surface area contributed by atoms with Gasteiger partial charge in [0, 0.05) is 20.8 Å². The Hall–Kier alpha value is -2.29. The molecule has 3 atom stereocenters. The van der Waals surface area contributed by atoms with E-state index in [0.717, 1.165) is 20.8 Å². The topological polar surface area (TPSA) is 133 Å². The highest BCUT2D eigenvalue weighted by molar-refractivity contribution is 6.27. The highest BCUT2D eigenvalue weighted by Crippen LogP contribution is 2.12. The van der Waals surface area contributed by atoms with Crippen molar-refractivity contribution in [2.75, 3.05) is 6.61 Å². The molecular formula is C12H16O9. The van der Waals surface area contributed by atoms with E-state index in [-0.39, 0.29) is 6.29 Å². The molecule has 0 aliphatic heterocycles. The molecule has 9 nitrogen and oxygen atoms in total. The minimum absolute atomic E-state index is 0.136. The molecule has 0 aliphatic carbocycles. The Morgan fingerprint density at radius 2 is 1.52 bits per heavy atom. The molecule has 0 spiro atoms. The molecule has 0 bridgehead atoms. The Labute approximate surface area is 120 Å². The summed E-state index contributed by atoms with van der Waals surface area (Å²) < 4.78 is 13.8. The maximum atomic E-state index is 11.5. The van der Waals surface area contributed by atoms with Crippen LogP contribution in [0.2, 0.25) is 0 Å². The molecule has 1 N–H and O–H groups in total. The van der Waals surface area contributed by atoms with Gasteiger partial charge in [-0.1, -0.05) is 0 Å². The normalized spacial score (nSPS) is 14.3. The van der Waals surface area contributed by atoms with Gasteiger partial charge in [-0.2, -0.15) is 0 Å². The van der Waals surface area contributed by atoms with Crippen LogP contribution in [-0.4, -0.2) is 60.0 Å². The van der Waals surface area contributed by atoms with Crippen LogP contribution in [0.5, 0.6) is 0 Å². The Kier molecular flexibility index (Phi) is 7.84. The van der Waals surface area contributed by atoms with Gasteiger partial charge in [0.15, 0.2) is 12.4 Å². The van der Waals surface area contributed by atoms with Gasteiger partial charge in [-0.05, 0) is 0 Å². The van der Waals surface area contributed by atoms with E-state index < -0.39 is 48.6 Å². The summed E-state index contributed by atoms with van der Waals surface area (Å²) in [5, 5.41) is 9.82. The first-order chi connectivity index (χ1) is 9.68. The number of hydrogen-bond acceptors (Lipinski definition) is 9. The molecule has 21 heavy (non-hydrogen) atoms. The number of Topliss-reactive ketones (excluding diaryl/α,β-unsaturated/α-hetero) is 1. The van der Waals surface area contributed by atoms with Crippen LogP contribution in [0.1, 0.15) is 20.8 Å². The fraction of sp³-hybridized carbons (Fsp3) is 0.583. The van der Waals surface area contributed by atoms with Crippen molar-refractivity contribution in [1.29, 1.82) is 0 Å². The van der Waals surface area contributed by atoms with Crippen LogP contribution in [0.15, 0.2) is 0 Å². The largest absolute Gasteiger partial charge is 0.463 e. The number of rotatable bonds is 8. The van der Waals surface area contributed by atoms with Crippen LogP contribution in [0.25, 0.3) is 0 Å². The van der Waals surface area contributed by atoms with Crippen LogP contribution < -0.4 is 0 Å². The van der Waals surface area contributed by atoms with E-state index in [0.29, 0.717) is 0 Å². The van der Waals surface area contributed by atoms with Gasteiger partial charge < -0.3 is 19.3 Å². The zero-order valence-corrected chi connectivity index (χ0v) is 11.7. The smallest absolute Gasteiger partial charge is 0.303 e. The zero-order valence-electron chi connectivity index (χ0n) is 11.7. The Balaban J connectivity index is 5.23. The lowest BCUT2D eigenvalue weighted by Crippen LogP contribution is -2.49. The van der Waals surface area contributed by atoms with E-state index in [9.17, 15) is 29.1 Å². The first kappa shape index (κ1) is 18.7. The van der Waals surface area contributed by atoms with Crippen LogP contribution in [0.4, 0.5) is 0 Å². The standard InChI is InChI=1S/C12H16O9/c1-6(14)19-5-10(18)12(21-8(3)16)11(9(17)4-13)20-7(2)15/h4,10-12,18H,5H2,1-3H3/t10-,11-,12-/m1/s1. The maximum Gasteiger partial charge on any atom is 0.303 e. The van der Waals surface area contributed by atoms with E-state index in [4.69, 9.17) is 4.74 Å². The highest BCUT2D eigenvalue weighted by Gasteiger charge is 2.39. The van der Waals surface area contributed by atoms with Crippen molar-refractivity contribution < 1.29 is 43.3 Å². The average Bonchev–Trinajstić information content (AvgIpc) is 2.38. The highest BCUT2D eigenvalue weighted by atomic mass is 16.6. The van der Waals surface area contributed by atoms with Gasteiger partial charge in [0.05, 0.1) is 0 Å². The molecule has 0 fully saturated rings.